The molecule has 5 aromatic rings. The predicted octanol–water partition coefficient (Wildman–Crippen LogP) is 6.93. The fourth-order valence-electron chi connectivity index (χ4n) is 3.92. The number of nitro benzene ring substituents is 1. The lowest BCUT2D eigenvalue weighted by atomic mass is 10.1. The summed E-state index contributed by atoms with van der Waals surface area (Å²) in [5.74, 6) is 0.870. The molecule has 0 aliphatic rings. The van der Waals surface area contributed by atoms with Crippen LogP contribution in [-0.4, -0.2) is 15.8 Å². The zero-order chi connectivity index (χ0) is 25.2. The van der Waals surface area contributed by atoms with E-state index in [1.165, 1.54) is 18.2 Å². The van der Waals surface area contributed by atoms with Gasteiger partial charge >= 0.3 is 0 Å². The number of nitrogens with one attached hydrogen (secondary N) is 1. The summed E-state index contributed by atoms with van der Waals surface area (Å²) in [6.07, 6.45) is 2.85. The standard InChI is InChI=1S/C28H21N3O5/c1-17-10-13-26-23(16-17)30-28(36-26)20-7-5-8-22(18(20)2)29-27(32)15-12-19-11-14-25(35-19)21-6-3-4-9-24(21)31(33)34/h3-16H,1-2H3,(H,29,32). The highest BCUT2D eigenvalue weighted by Gasteiger charge is 2.17. The number of benzene rings is 3. The number of hydrogen-bond donors (Lipinski definition) is 1. The number of carbonyl (C=O) groups is 1. The van der Waals surface area contributed by atoms with Gasteiger partial charge in [0.05, 0.1) is 10.5 Å². The topological polar surface area (TPSA) is 111 Å². The number of nitrogens with zero attached hydrogens (tertiary/aromatic N) is 2. The van der Waals surface area contributed by atoms with Crippen molar-refractivity contribution < 1.29 is 18.6 Å². The summed E-state index contributed by atoms with van der Waals surface area (Å²) in [6.45, 7) is 3.89. The molecule has 0 unspecified atom stereocenters. The molecular formula is C28H21N3O5. The third kappa shape index (κ3) is 4.52. The molecule has 178 valence electrons. The fraction of sp³-hybridized carbons (Fsp3) is 0.0714. The molecule has 2 aromatic heterocycles. The maximum Gasteiger partial charge on any atom is 0.280 e. The molecule has 1 amide bonds. The number of hydrogen-bond acceptors (Lipinski definition) is 6. The van der Waals surface area contributed by atoms with Gasteiger partial charge in [0, 0.05) is 23.4 Å². The molecule has 2 heterocycles. The van der Waals surface area contributed by atoms with Gasteiger partial charge in [0.2, 0.25) is 11.8 Å². The summed E-state index contributed by atoms with van der Waals surface area (Å²) in [6, 6.07) is 21.0. The molecule has 5 rings (SSSR count). The van der Waals surface area contributed by atoms with E-state index in [0.29, 0.717) is 34.2 Å². The van der Waals surface area contributed by atoms with E-state index in [4.69, 9.17) is 8.83 Å². The zero-order valence-corrected chi connectivity index (χ0v) is 19.5. The van der Waals surface area contributed by atoms with Gasteiger partial charge in [-0.25, -0.2) is 4.98 Å². The highest BCUT2D eigenvalue weighted by molar-refractivity contribution is 6.02. The molecule has 3 aromatic carbocycles. The monoisotopic (exact) mass is 479 g/mol. The van der Waals surface area contributed by atoms with Crippen LogP contribution in [0.1, 0.15) is 16.9 Å². The van der Waals surface area contributed by atoms with E-state index >= 15 is 0 Å². The molecule has 36 heavy (non-hydrogen) atoms. The van der Waals surface area contributed by atoms with Gasteiger partial charge in [-0.15, -0.1) is 0 Å². The molecule has 8 nitrogen and oxygen atoms in total. The summed E-state index contributed by atoms with van der Waals surface area (Å²) in [4.78, 5) is 28.0. The summed E-state index contributed by atoms with van der Waals surface area (Å²) < 4.78 is 11.6. The largest absolute Gasteiger partial charge is 0.456 e. The van der Waals surface area contributed by atoms with Crippen LogP contribution in [0.4, 0.5) is 11.4 Å². The van der Waals surface area contributed by atoms with Crippen molar-refractivity contribution in [2.75, 3.05) is 5.32 Å². The molecule has 0 radical (unpaired) electrons. The summed E-state index contributed by atoms with van der Waals surface area (Å²) in [7, 11) is 0. The average molecular weight is 479 g/mol. The molecular weight excluding hydrogens is 458 g/mol. The maximum atomic E-state index is 12.6. The second-order valence-corrected chi connectivity index (χ2v) is 8.27. The highest BCUT2D eigenvalue weighted by Crippen LogP contribution is 2.32. The van der Waals surface area contributed by atoms with Crippen LogP contribution in [-0.2, 0) is 4.79 Å². The summed E-state index contributed by atoms with van der Waals surface area (Å²) in [5.41, 5.74) is 5.12. The number of para-hydroxylation sites is 1. The number of nitro groups is 1. The lowest BCUT2D eigenvalue weighted by Gasteiger charge is -2.09. The number of furan rings is 1. The molecule has 0 spiro atoms. The van der Waals surface area contributed by atoms with Gasteiger partial charge in [-0.2, -0.15) is 0 Å². The molecule has 8 heteroatoms. The minimum Gasteiger partial charge on any atom is -0.456 e. The average Bonchev–Trinajstić information content (AvgIpc) is 3.51. The first-order valence-electron chi connectivity index (χ1n) is 11.2. The predicted molar refractivity (Wildman–Crippen MR) is 137 cm³/mol. The van der Waals surface area contributed by atoms with Crippen LogP contribution in [0.2, 0.25) is 0 Å². The van der Waals surface area contributed by atoms with E-state index in [1.54, 1.807) is 36.4 Å². The van der Waals surface area contributed by atoms with Gasteiger partial charge < -0.3 is 14.2 Å². The Hall–Kier alpha value is -4.98. The molecule has 0 aliphatic heterocycles. The third-order valence-electron chi connectivity index (χ3n) is 5.76. The summed E-state index contributed by atoms with van der Waals surface area (Å²) >= 11 is 0. The number of fused-ring (bicyclic) bond motifs is 1. The Bertz CT molecular complexity index is 1640. The summed E-state index contributed by atoms with van der Waals surface area (Å²) in [5, 5.41) is 14.1. The number of aromatic nitrogens is 1. The molecule has 0 saturated heterocycles. The fourth-order valence-corrected chi connectivity index (χ4v) is 3.92. The number of anilines is 1. The Kier molecular flexibility index (Phi) is 5.92. The number of aryl methyl sites for hydroxylation is 1. The molecule has 0 saturated carbocycles. The van der Waals surface area contributed by atoms with Crippen molar-refractivity contribution in [2.24, 2.45) is 0 Å². The first-order chi connectivity index (χ1) is 17.4. The van der Waals surface area contributed by atoms with E-state index in [-0.39, 0.29) is 11.6 Å². The van der Waals surface area contributed by atoms with Gasteiger partial charge in [-0.1, -0.05) is 24.3 Å². The van der Waals surface area contributed by atoms with E-state index < -0.39 is 4.92 Å². The van der Waals surface area contributed by atoms with E-state index in [1.807, 2.05) is 44.2 Å². The van der Waals surface area contributed by atoms with Crippen molar-refractivity contribution in [1.82, 2.24) is 4.98 Å². The van der Waals surface area contributed by atoms with E-state index in [9.17, 15) is 14.9 Å². The molecule has 1 N–H and O–H groups in total. The van der Waals surface area contributed by atoms with E-state index in [2.05, 4.69) is 10.3 Å². The van der Waals surface area contributed by atoms with Crippen LogP contribution in [0.5, 0.6) is 0 Å². The van der Waals surface area contributed by atoms with Gasteiger partial charge in [-0.3, -0.25) is 14.9 Å². The zero-order valence-electron chi connectivity index (χ0n) is 19.5. The molecule has 0 atom stereocenters. The van der Waals surface area contributed by atoms with Gasteiger partial charge in [-0.05, 0) is 73.5 Å². The van der Waals surface area contributed by atoms with Crippen molar-refractivity contribution >= 4 is 34.5 Å². The lowest BCUT2D eigenvalue weighted by Crippen LogP contribution is -2.09. The Morgan fingerprint density at radius 2 is 1.78 bits per heavy atom. The minimum absolute atomic E-state index is 0.0513. The Balaban J connectivity index is 1.33. The number of amides is 1. The third-order valence-corrected chi connectivity index (χ3v) is 5.76. The van der Waals surface area contributed by atoms with Crippen molar-refractivity contribution in [3.8, 4) is 22.8 Å². The van der Waals surface area contributed by atoms with Gasteiger partial charge in [0.25, 0.3) is 5.69 Å². The Morgan fingerprint density at radius 3 is 2.61 bits per heavy atom. The van der Waals surface area contributed by atoms with Crippen LogP contribution >= 0.6 is 0 Å². The van der Waals surface area contributed by atoms with Gasteiger partial charge in [0.1, 0.15) is 17.0 Å². The van der Waals surface area contributed by atoms with Crippen molar-refractivity contribution in [3.05, 3.63) is 106 Å². The van der Waals surface area contributed by atoms with E-state index in [0.717, 1.165) is 22.2 Å². The van der Waals surface area contributed by atoms with Crippen LogP contribution in [0.15, 0.2) is 87.7 Å². The molecule has 0 fully saturated rings. The first kappa shape index (κ1) is 22.8. The first-order valence-corrected chi connectivity index (χ1v) is 11.2. The SMILES string of the molecule is Cc1ccc2oc(-c3cccc(NC(=O)C=Cc4ccc(-c5ccccc5[N+](=O)[O-])o4)c3C)nc2c1. The van der Waals surface area contributed by atoms with Crippen LogP contribution in [0.3, 0.4) is 0 Å². The lowest BCUT2D eigenvalue weighted by molar-refractivity contribution is -0.384. The van der Waals surface area contributed by atoms with Gasteiger partial charge in [0.15, 0.2) is 5.58 Å². The molecule has 0 aliphatic carbocycles. The highest BCUT2D eigenvalue weighted by atomic mass is 16.6. The second kappa shape index (κ2) is 9.34. The number of carbonyl (C=O) groups excluding carboxylic acids is 1. The maximum absolute atomic E-state index is 12.6. The second-order valence-electron chi connectivity index (χ2n) is 8.27. The quantitative estimate of drug-likeness (QED) is 0.161. The minimum atomic E-state index is -0.459. The molecule has 0 bridgehead atoms. The Morgan fingerprint density at radius 1 is 0.972 bits per heavy atom. The smallest absolute Gasteiger partial charge is 0.280 e. The van der Waals surface area contributed by atoms with Crippen molar-refractivity contribution in [1.29, 1.82) is 0 Å². The number of rotatable bonds is 6. The van der Waals surface area contributed by atoms with Crippen molar-refractivity contribution in [3.63, 3.8) is 0 Å². The van der Waals surface area contributed by atoms with Crippen LogP contribution in [0.25, 0.3) is 40.0 Å². The van der Waals surface area contributed by atoms with Crippen LogP contribution < -0.4 is 5.32 Å². The normalized spacial score (nSPS) is 11.3. The Labute approximate surface area is 206 Å². The van der Waals surface area contributed by atoms with Crippen molar-refractivity contribution in [2.45, 2.75) is 13.8 Å². The number of oxazole rings is 1. The van der Waals surface area contributed by atoms with Crippen LogP contribution in [0, 0.1) is 24.0 Å².